The molecule has 2 heteroatoms. The molecular formula is C32H32S2. The summed E-state index contributed by atoms with van der Waals surface area (Å²) < 4.78 is 0. The van der Waals surface area contributed by atoms with E-state index < -0.39 is 0 Å². The van der Waals surface area contributed by atoms with E-state index in [4.69, 9.17) is 0 Å². The third-order valence-corrected chi connectivity index (χ3v) is 10.3. The third kappa shape index (κ3) is 3.80. The van der Waals surface area contributed by atoms with Gasteiger partial charge in [0.25, 0.3) is 0 Å². The quantitative estimate of drug-likeness (QED) is 0.413. The maximum absolute atomic E-state index is 4.49. The van der Waals surface area contributed by atoms with E-state index in [9.17, 15) is 0 Å². The van der Waals surface area contributed by atoms with E-state index in [2.05, 4.69) is 98.7 Å². The van der Waals surface area contributed by atoms with Crippen LogP contribution in [0.5, 0.6) is 0 Å². The largest absolute Gasteiger partial charge is 0.117 e. The lowest BCUT2D eigenvalue weighted by Gasteiger charge is -2.36. The van der Waals surface area contributed by atoms with Crippen LogP contribution in [0.25, 0.3) is 5.57 Å². The van der Waals surface area contributed by atoms with Gasteiger partial charge in [0.05, 0.1) is 0 Å². The van der Waals surface area contributed by atoms with Gasteiger partial charge in [-0.05, 0) is 64.9 Å². The van der Waals surface area contributed by atoms with Gasteiger partial charge in [-0.3, -0.25) is 0 Å². The highest BCUT2D eigenvalue weighted by atomic mass is 32.2. The van der Waals surface area contributed by atoms with Gasteiger partial charge < -0.3 is 0 Å². The Morgan fingerprint density at radius 3 is 2.82 bits per heavy atom. The fraction of sp³-hybridized carbons (Fsp3) is 0.312. The Morgan fingerprint density at radius 1 is 1.09 bits per heavy atom. The summed E-state index contributed by atoms with van der Waals surface area (Å²) in [5.74, 6) is 1.08. The SMILES string of the molecule is C=C1CC(C)/C=C\SC2=C1CCC=C2C1(C)C=CC(c2cccc3c2SC2C=CC=CC32)=CC1. The van der Waals surface area contributed by atoms with Gasteiger partial charge in [-0.2, -0.15) is 0 Å². The molecule has 0 aromatic heterocycles. The molecule has 1 aromatic carbocycles. The first kappa shape index (κ1) is 22.3. The lowest BCUT2D eigenvalue weighted by Crippen LogP contribution is -2.21. The Kier molecular flexibility index (Phi) is 5.78. The van der Waals surface area contributed by atoms with Crippen LogP contribution in [0.3, 0.4) is 0 Å². The first-order chi connectivity index (χ1) is 16.5. The van der Waals surface area contributed by atoms with E-state index in [-0.39, 0.29) is 5.41 Å². The number of fused-ring (bicyclic) bond motifs is 3. The first-order valence-electron chi connectivity index (χ1n) is 12.5. The molecule has 0 nitrogen and oxygen atoms in total. The highest BCUT2D eigenvalue weighted by Crippen LogP contribution is 2.53. The van der Waals surface area contributed by atoms with Gasteiger partial charge in [0.2, 0.25) is 0 Å². The summed E-state index contributed by atoms with van der Waals surface area (Å²) in [6, 6.07) is 6.89. The summed E-state index contributed by atoms with van der Waals surface area (Å²) >= 11 is 3.95. The summed E-state index contributed by atoms with van der Waals surface area (Å²) in [6.45, 7) is 9.21. The number of benzene rings is 1. The molecule has 2 heterocycles. The van der Waals surface area contributed by atoms with Crippen molar-refractivity contribution in [2.75, 3.05) is 0 Å². The molecule has 34 heavy (non-hydrogen) atoms. The molecule has 0 spiro atoms. The Balaban J connectivity index is 1.30. The maximum Gasteiger partial charge on any atom is 0.0381 e. The number of rotatable bonds is 2. The normalized spacial score (nSPS) is 32.9. The van der Waals surface area contributed by atoms with Gasteiger partial charge in [0.1, 0.15) is 0 Å². The van der Waals surface area contributed by atoms with Crippen molar-refractivity contribution < 1.29 is 0 Å². The van der Waals surface area contributed by atoms with E-state index in [0.717, 1.165) is 25.7 Å². The zero-order valence-electron chi connectivity index (χ0n) is 20.1. The van der Waals surface area contributed by atoms with Crippen molar-refractivity contribution in [2.45, 2.75) is 55.6 Å². The number of hydrogen-bond donors (Lipinski definition) is 0. The first-order valence-corrected chi connectivity index (χ1v) is 14.3. The van der Waals surface area contributed by atoms with Crippen molar-refractivity contribution >= 4 is 29.1 Å². The molecule has 0 fully saturated rings. The second-order valence-corrected chi connectivity index (χ2v) is 12.5. The van der Waals surface area contributed by atoms with Crippen LogP contribution in [-0.2, 0) is 0 Å². The Labute approximate surface area is 213 Å². The summed E-state index contributed by atoms with van der Waals surface area (Å²) in [4.78, 5) is 2.93. The summed E-state index contributed by atoms with van der Waals surface area (Å²) in [5.41, 5.74) is 8.64. The van der Waals surface area contributed by atoms with Gasteiger partial charge >= 0.3 is 0 Å². The molecule has 0 saturated carbocycles. The maximum atomic E-state index is 4.49. The van der Waals surface area contributed by atoms with Gasteiger partial charge in [-0.25, -0.2) is 0 Å². The van der Waals surface area contributed by atoms with E-state index in [1.807, 2.05) is 23.5 Å². The number of allylic oxidation sites excluding steroid dienone is 12. The van der Waals surface area contributed by atoms with Crippen molar-refractivity contribution in [3.8, 4) is 0 Å². The summed E-state index contributed by atoms with van der Waals surface area (Å²) in [6.07, 6.45) is 25.7. The van der Waals surface area contributed by atoms with Gasteiger partial charge in [0, 0.05) is 26.4 Å². The van der Waals surface area contributed by atoms with Crippen LogP contribution in [0.15, 0.2) is 111 Å². The topological polar surface area (TPSA) is 0 Å². The molecule has 0 N–H and O–H groups in total. The molecule has 0 amide bonds. The predicted octanol–water partition coefficient (Wildman–Crippen LogP) is 9.54. The molecule has 2 aliphatic heterocycles. The van der Waals surface area contributed by atoms with Crippen molar-refractivity contribution in [2.24, 2.45) is 11.3 Å². The average molecular weight is 481 g/mol. The fourth-order valence-corrected chi connectivity index (χ4v) is 8.73. The zero-order valence-corrected chi connectivity index (χ0v) is 21.7. The van der Waals surface area contributed by atoms with Crippen molar-refractivity contribution in [1.82, 2.24) is 0 Å². The van der Waals surface area contributed by atoms with Crippen LogP contribution in [-0.4, -0.2) is 5.25 Å². The second-order valence-electron chi connectivity index (χ2n) is 10.4. The summed E-state index contributed by atoms with van der Waals surface area (Å²) in [5, 5.41) is 2.85. The molecule has 4 unspecified atom stereocenters. The predicted molar refractivity (Wildman–Crippen MR) is 151 cm³/mol. The molecule has 0 bridgehead atoms. The van der Waals surface area contributed by atoms with Crippen LogP contribution < -0.4 is 0 Å². The third-order valence-electron chi connectivity index (χ3n) is 7.90. The van der Waals surface area contributed by atoms with Gasteiger partial charge in [-0.1, -0.05) is 111 Å². The molecular weight excluding hydrogens is 448 g/mol. The van der Waals surface area contributed by atoms with Crippen LogP contribution >= 0.6 is 23.5 Å². The smallest absolute Gasteiger partial charge is 0.0381 e. The highest BCUT2D eigenvalue weighted by molar-refractivity contribution is 8.06. The minimum atomic E-state index is 0.0288. The minimum Gasteiger partial charge on any atom is -0.117 e. The second kappa shape index (κ2) is 8.81. The van der Waals surface area contributed by atoms with Crippen molar-refractivity contribution in [3.63, 3.8) is 0 Å². The average Bonchev–Trinajstić information content (AvgIpc) is 3.22. The van der Waals surface area contributed by atoms with Crippen LogP contribution in [0.4, 0.5) is 0 Å². The Bertz CT molecular complexity index is 1260. The van der Waals surface area contributed by atoms with E-state index in [0.29, 0.717) is 17.1 Å². The lowest BCUT2D eigenvalue weighted by molar-refractivity contribution is 0.523. The van der Waals surface area contributed by atoms with Crippen LogP contribution in [0, 0.1) is 11.3 Å². The minimum absolute atomic E-state index is 0.0288. The molecule has 1 aromatic rings. The fourth-order valence-electron chi connectivity index (χ4n) is 5.94. The highest BCUT2D eigenvalue weighted by Gasteiger charge is 2.35. The molecule has 4 atom stereocenters. The molecule has 6 rings (SSSR count). The lowest BCUT2D eigenvalue weighted by atomic mass is 9.72. The van der Waals surface area contributed by atoms with Gasteiger partial charge in [0.15, 0.2) is 0 Å². The van der Waals surface area contributed by atoms with E-state index in [1.54, 1.807) is 0 Å². The standard InChI is InChI=1S/C32H32S2/c1-21-16-19-33-31-24(22(2)20-21)9-7-12-28(31)32(3)17-14-23(15-18-32)25-10-6-11-27-26-8-4-5-13-29(26)34-30(25)27/h4-6,8,10-17,19,21,26,29H,2,7,9,18,20H2,1,3H3/b19-16-. The number of hydrogen-bond acceptors (Lipinski definition) is 2. The molecule has 0 saturated heterocycles. The monoisotopic (exact) mass is 480 g/mol. The van der Waals surface area contributed by atoms with Crippen LogP contribution in [0.1, 0.15) is 56.6 Å². The number of thioether (sulfide) groups is 2. The van der Waals surface area contributed by atoms with Crippen molar-refractivity contribution in [3.05, 3.63) is 118 Å². The summed E-state index contributed by atoms with van der Waals surface area (Å²) in [7, 11) is 0. The van der Waals surface area contributed by atoms with Gasteiger partial charge in [-0.15, -0.1) is 11.8 Å². The molecule has 0 radical (unpaired) electrons. The Morgan fingerprint density at radius 2 is 1.97 bits per heavy atom. The van der Waals surface area contributed by atoms with E-state index >= 15 is 0 Å². The van der Waals surface area contributed by atoms with Crippen LogP contribution in [0.2, 0.25) is 0 Å². The molecule has 172 valence electrons. The molecule has 5 aliphatic rings. The molecule has 3 aliphatic carbocycles. The van der Waals surface area contributed by atoms with E-state index in [1.165, 1.54) is 43.2 Å². The zero-order chi connectivity index (χ0) is 23.3. The Hall–Kier alpha value is -2.16. The van der Waals surface area contributed by atoms with Crippen molar-refractivity contribution in [1.29, 1.82) is 0 Å².